The van der Waals surface area contributed by atoms with Crippen LogP contribution in [0.15, 0.2) is 53.0 Å². The molecule has 0 radical (unpaired) electrons. The Morgan fingerprint density at radius 3 is 2.58 bits per heavy atom. The molecule has 1 fully saturated rings. The number of hydrogen-bond acceptors (Lipinski definition) is 3. The first kappa shape index (κ1) is 17.1. The third-order valence-corrected chi connectivity index (χ3v) is 4.77. The molecule has 3 rings (SSSR count). The fraction of sp³-hybridized carbons (Fsp3) is 0.316. The van der Waals surface area contributed by atoms with Crippen molar-refractivity contribution in [3.05, 3.63) is 69.7 Å². The molecule has 0 aromatic heterocycles. The van der Waals surface area contributed by atoms with E-state index in [2.05, 4.69) is 50.4 Å². The van der Waals surface area contributed by atoms with E-state index in [0.717, 1.165) is 30.7 Å². The van der Waals surface area contributed by atoms with Crippen LogP contribution in [-0.2, 0) is 11.3 Å². The number of amides is 1. The number of nitrogens with one attached hydrogen (secondary N) is 1. The molecule has 0 aliphatic carbocycles. The largest absolute Gasteiger partial charge is 0.371 e. The number of nitrogens with zero attached hydrogens (tertiary/aromatic N) is 1. The van der Waals surface area contributed by atoms with Gasteiger partial charge < -0.3 is 10.1 Å². The number of carbonyl (C=O) groups excluding carboxylic acids is 1. The fourth-order valence-corrected chi connectivity index (χ4v) is 3.15. The lowest BCUT2D eigenvalue weighted by Crippen LogP contribution is -2.37. The van der Waals surface area contributed by atoms with E-state index in [4.69, 9.17) is 4.74 Å². The Kier molecular flexibility index (Phi) is 5.66. The molecule has 1 heterocycles. The number of morpholine rings is 1. The molecule has 126 valence electrons. The van der Waals surface area contributed by atoms with Crippen molar-refractivity contribution < 1.29 is 9.53 Å². The SMILES string of the molecule is CNC(=O)c1ccc(CN2CCOC(c3ccc(Br)cc3)C2)cc1. The number of halogens is 1. The maximum Gasteiger partial charge on any atom is 0.251 e. The van der Waals surface area contributed by atoms with Crippen LogP contribution in [0, 0.1) is 0 Å². The van der Waals surface area contributed by atoms with E-state index in [-0.39, 0.29) is 12.0 Å². The van der Waals surface area contributed by atoms with Crippen molar-refractivity contribution in [3.63, 3.8) is 0 Å². The minimum absolute atomic E-state index is 0.0526. The predicted octanol–water partition coefficient (Wildman–Crippen LogP) is 3.38. The first-order valence-corrected chi connectivity index (χ1v) is 8.85. The topological polar surface area (TPSA) is 41.6 Å². The highest BCUT2D eigenvalue weighted by atomic mass is 79.9. The molecule has 0 bridgehead atoms. The molecule has 4 nitrogen and oxygen atoms in total. The smallest absolute Gasteiger partial charge is 0.251 e. The average Bonchev–Trinajstić information content (AvgIpc) is 2.62. The van der Waals surface area contributed by atoms with Gasteiger partial charge >= 0.3 is 0 Å². The molecule has 2 aromatic carbocycles. The highest BCUT2D eigenvalue weighted by molar-refractivity contribution is 9.10. The quantitative estimate of drug-likeness (QED) is 0.872. The molecular formula is C19H21BrN2O2. The lowest BCUT2D eigenvalue weighted by molar-refractivity contribution is -0.0329. The van der Waals surface area contributed by atoms with E-state index in [1.54, 1.807) is 7.05 Å². The highest BCUT2D eigenvalue weighted by Gasteiger charge is 2.22. The summed E-state index contributed by atoms with van der Waals surface area (Å²) >= 11 is 3.47. The third kappa shape index (κ3) is 4.23. The normalized spacial score (nSPS) is 18.3. The molecule has 2 aromatic rings. The van der Waals surface area contributed by atoms with Gasteiger partial charge in [-0.05, 0) is 35.4 Å². The molecule has 1 aliphatic rings. The first-order chi connectivity index (χ1) is 11.7. The van der Waals surface area contributed by atoms with Gasteiger partial charge in [-0.3, -0.25) is 9.69 Å². The summed E-state index contributed by atoms with van der Waals surface area (Å²) < 4.78 is 7.01. The van der Waals surface area contributed by atoms with Gasteiger partial charge in [-0.25, -0.2) is 0 Å². The number of rotatable bonds is 4. The van der Waals surface area contributed by atoms with Gasteiger partial charge in [-0.2, -0.15) is 0 Å². The second-order valence-corrected chi connectivity index (χ2v) is 6.84. The molecule has 0 spiro atoms. The van der Waals surface area contributed by atoms with Crippen LogP contribution in [0.2, 0.25) is 0 Å². The Bertz CT molecular complexity index is 686. The van der Waals surface area contributed by atoms with Gasteiger partial charge in [-0.1, -0.05) is 40.2 Å². The third-order valence-electron chi connectivity index (χ3n) is 4.24. The van der Waals surface area contributed by atoms with Gasteiger partial charge in [0.1, 0.15) is 0 Å². The van der Waals surface area contributed by atoms with E-state index in [1.807, 2.05) is 24.3 Å². The van der Waals surface area contributed by atoms with Gasteiger partial charge in [0.15, 0.2) is 0 Å². The summed E-state index contributed by atoms with van der Waals surface area (Å²) in [5, 5.41) is 2.64. The number of carbonyl (C=O) groups is 1. The molecular weight excluding hydrogens is 368 g/mol. The molecule has 5 heteroatoms. The molecule has 1 atom stereocenters. The van der Waals surface area contributed by atoms with Crippen LogP contribution < -0.4 is 5.32 Å². The zero-order chi connectivity index (χ0) is 16.9. The van der Waals surface area contributed by atoms with Gasteiger partial charge in [0.2, 0.25) is 0 Å². The van der Waals surface area contributed by atoms with Gasteiger partial charge in [0.05, 0.1) is 12.7 Å². The predicted molar refractivity (Wildman–Crippen MR) is 97.9 cm³/mol. The van der Waals surface area contributed by atoms with E-state index in [9.17, 15) is 4.79 Å². The van der Waals surface area contributed by atoms with E-state index in [0.29, 0.717) is 5.56 Å². The number of ether oxygens (including phenoxy) is 1. The Hall–Kier alpha value is -1.69. The summed E-state index contributed by atoms with van der Waals surface area (Å²) in [7, 11) is 1.65. The second-order valence-electron chi connectivity index (χ2n) is 5.92. The van der Waals surface area contributed by atoms with Crippen molar-refractivity contribution in [2.45, 2.75) is 12.6 Å². The van der Waals surface area contributed by atoms with E-state index in [1.165, 1.54) is 11.1 Å². The maximum atomic E-state index is 11.6. The van der Waals surface area contributed by atoms with Crippen LogP contribution in [0.4, 0.5) is 0 Å². The molecule has 0 saturated carbocycles. The van der Waals surface area contributed by atoms with Gasteiger partial charge in [0, 0.05) is 36.7 Å². The summed E-state index contributed by atoms with van der Waals surface area (Å²) in [5.74, 6) is -0.0526. The van der Waals surface area contributed by atoms with Gasteiger partial charge in [-0.15, -0.1) is 0 Å². The molecule has 24 heavy (non-hydrogen) atoms. The number of hydrogen-bond donors (Lipinski definition) is 1. The zero-order valence-corrected chi connectivity index (χ0v) is 15.3. The lowest BCUT2D eigenvalue weighted by Gasteiger charge is -2.33. The number of benzene rings is 2. The fourth-order valence-electron chi connectivity index (χ4n) is 2.89. The highest BCUT2D eigenvalue weighted by Crippen LogP contribution is 2.24. The molecule has 1 aliphatic heterocycles. The molecule has 1 unspecified atom stereocenters. The van der Waals surface area contributed by atoms with Crippen LogP contribution in [0.1, 0.15) is 27.6 Å². The van der Waals surface area contributed by atoms with E-state index >= 15 is 0 Å². The van der Waals surface area contributed by atoms with Crippen LogP contribution in [0.5, 0.6) is 0 Å². The lowest BCUT2D eigenvalue weighted by atomic mass is 10.1. The second kappa shape index (κ2) is 7.92. The molecule has 1 N–H and O–H groups in total. The molecule has 1 saturated heterocycles. The Morgan fingerprint density at radius 2 is 1.92 bits per heavy atom. The zero-order valence-electron chi connectivity index (χ0n) is 13.7. The Morgan fingerprint density at radius 1 is 1.21 bits per heavy atom. The van der Waals surface area contributed by atoms with Gasteiger partial charge in [0.25, 0.3) is 5.91 Å². The van der Waals surface area contributed by atoms with E-state index < -0.39 is 0 Å². The summed E-state index contributed by atoms with van der Waals surface area (Å²) in [6.07, 6.45) is 0.108. The van der Waals surface area contributed by atoms with Crippen LogP contribution in [-0.4, -0.2) is 37.6 Å². The van der Waals surface area contributed by atoms with Crippen LogP contribution in [0.25, 0.3) is 0 Å². The van der Waals surface area contributed by atoms with Crippen molar-refractivity contribution >= 4 is 21.8 Å². The first-order valence-electron chi connectivity index (χ1n) is 8.06. The monoisotopic (exact) mass is 388 g/mol. The van der Waals surface area contributed by atoms with Crippen molar-refractivity contribution in [3.8, 4) is 0 Å². The van der Waals surface area contributed by atoms with Crippen LogP contribution >= 0.6 is 15.9 Å². The van der Waals surface area contributed by atoms with Crippen molar-refractivity contribution in [1.82, 2.24) is 10.2 Å². The minimum Gasteiger partial charge on any atom is -0.371 e. The van der Waals surface area contributed by atoms with Crippen molar-refractivity contribution in [1.29, 1.82) is 0 Å². The maximum absolute atomic E-state index is 11.6. The summed E-state index contributed by atoms with van der Waals surface area (Å²) in [6.45, 7) is 3.39. The molecule has 1 amide bonds. The Balaban J connectivity index is 1.63. The summed E-state index contributed by atoms with van der Waals surface area (Å²) in [5.41, 5.74) is 3.10. The van der Waals surface area contributed by atoms with Crippen molar-refractivity contribution in [2.24, 2.45) is 0 Å². The average molecular weight is 389 g/mol. The van der Waals surface area contributed by atoms with Crippen molar-refractivity contribution in [2.75, 3.05) is 26.7 Å². The summed E-state index contributed by atoms with van der Waals surface area (Å²) in [6, 6.07) is 16.1. The summed E-state index contributed by atoms with van der Waals surface area (Å²) in [4.78, 5) is 14.0. The standard InChI is InChI=1S/C19H21BrN2O2/c1-21-19(23)16-4-2-14(3-5-16)12-22-10-11-24-18(13-22)15-6-8-17(20)9-7-15/h2-9,18H,10-13H2,1H3,(H,21,23). The Labute approximate surface area is 150 Å². The van der Waals surface area contributed by atoms with Crippen LogP contribution in [0.3, 0.4) is 0 Å². The minimum atomic E-state index is -0.0526.